The number of hydrogen-bond acceptors (Lipinski definition) is 2. The van der Waals surface area contributed by atoms with Gasteiger partial charge in [0.1, 0.15) is 5.82 Å². The van der Waals surface area contributed by atoms with Crippen molar-refractivity contribution in [3.63, 3.8) is 0 Å². The summed E-state index contributed by atoms with van der Waals surface area (Å²) in [5, 5.41) is 14.2. The van der Waals surface area contributed by atoms with E-state index >= 15 is 0 Å². The lowest BCUT2D eigenvalue weighted by atomic mass is 9.82. The van der Waals surface area contributed by atoms with E-state index in [0.29, 0.717) is 29.6 Å². The zero-order valence-corrected chi connectivity index (χ0v) is 10.7. The van der Waals surface area contributed by atoms with Gasteiger partial charge in [0.2, 0.25) is 0 Å². The molecule has 3 heteroatoms. The van der Waals surface area contributed by atoms with Gasteiger partial charge in [-0.3, -0.25) is 0 Å². The predicted octanol–water partition coefficient (Wildman–Crippen LogP) is 2.32. The summed E-state index contributed by atoms with van der Waals surface area (Å²) in [5.74, 6) is -0.156. The van der Waals surface area contributed by atoms with E-state index in [2.05, 4.69) is 5.32 Å². The van der Waals surface area contributed by atoms with E-state index in [-0.39, 0.29) is 5.82 Å². The molecule has 0 aromatic heterocycles. The van der Waals surface area contributed by atoms with E-state index in [1.54, 1.807) is 19.1 Å². The summed E-state index contributed by atoms with van der Waals surface area (Å²) in [5.41, 5.74) is 0.581. The lowest BCUT2D eigenvalue weighted by Gasteiger charge is -2.37. The van der Waals surface area contributed by atoms with Gasteiger partial charge in [0.05, 0.1) is 5.60 Å². The van der Waals surface area contributed by atoms with Crippen molar-refractivity contribution in [2.45, 2.75) is 56.7 Å². The van der Waals surface area contributed by atoms with Crippen LogP contribution in [-0.2, 0) is 6.42 Å². The minimum absolute atomic E-state index is 0.156. The van der Waals surface area contributed by atoms with Crippen molar-refractivity contribution < 1.29 is 9.50 Å². The van der Waals surface area contributed by atoms with Crippen LogP contribution >= 0.6 is 0 Å². The number of aryl methyl sites for hydroxylation is 1. The number of rotatable bonds is 2. The number of piperidine rings is 1. The summed E-state index contributed by atoms with van der Waals surface area (Å²) >= 11 is 0. The molecule has 2 heterocycles. The SMILES string of the molecule is Cc1cccc(CC2(O)CC3CCC(C2)N3)c1F. The number of halogens is 1. The molecule has 2 atom stereocenters. The molecule has 2 aliphatic heterocycles. The number of nitrogens with one attached hydrogen (secondary N) is 1. The van der Waals surface area contributed by atoms with Crippen molar-refractivity contribution >= 4 is 0 Å². The maximum Gasteiger partial charge on any atom is 0.129 e. The largest absolute Gasteiger partial charge is 0.389 e. The van der Waals surface area contributed by atoms with E-state index in [1.807, 2.05) is 6.07 Å². The van der Waals surface area contributed by atoms with Gasteiger partial charge in [0.15, 0.2) is 0 Å². The minimum Gasteiger partial charge on any atom is -0.389 e. The molecule has 0 saturated carbocycles. The molecule has 2 bridgehead atoms. The van der Waals surface area contributed by atoms with Crippen LogP contribution in [0.4, 0.5) is 4.39 Å². The van der Waals surface area contributed by atoms with Crippen LogP contribution in [0.25, 0.3) is 0 Å². The summed E-state index contributed by atoms with van der Waals surface area (Å²) in [4.78, 5) is 0. The van der Waals surface area contributed by atoms with Crippen LogP contribution in [0.15, 0.2) is 18.2 Å². The third-order valence-corrected chi connectivity index (χ3v) is 4.38. The van der Waals surface area contributed by atoms with Gasteiger partial charge >= 0.3 is 0 Å². The van der Waals surface area contributed by atoms with Crippen LogP contribution in [-0.4, -0.2) is 22.8 Å². The van der Waals surface area contributed by atoms with Crippen LogP contribution in [0.1, 0.15) is 36.8 Å². The highest BCUT2D eigenvalue weighted by Crippen LogP contribution is 2.36. The van der Waals surface area contributed by atoms with Crippen LogP contribution in [0, 0.1) is 12.7 Å². The Bertz CT molecular complexity index is 448. The first-order valence-corrected chi connectivity index (χ1v) is 6.78. The maximum absolute atomic E-state index is 14.0. The molecule has 1 aromatic rings. The number of hydrogen-bond donors (Lipinski definition) is 2. The molecule has 18 heavy (non-hydrogen) atoms. The predicted molar refractivity (Wildman–Crippen MR) is 69.0 cm³/mol. The van der Waals surface area contributed by atoms with Gasteiger partial charge in [-0.05, 0) is 43.7 Å². The van der Waals surface area contributed by atoms with Crippen LogP contribution in [0.5, 0.6) is 0 Å². The van der Waals surface area contributed by atoms with Crippen molar-refractivity contribution in [3.8, 4) is 0 Å². The van der Waals surface area contributed by atoms with Crippen molar-refractivity contribution in [2.24, 2.45) is 0 Å². The number of aliphatic hydroxyl groups is 1. The Kier molecular flexibility index (Phi) is 2.91. The molecule has 98 valence electrons. The minimum atomic E-state index is -0.730. The molecule has 2 N–H and O–H groups in total. The van der Waals surface area contributed by atoms with Gasteiger partial charge in [0, 0.05) is 18.5 Å². The Morgan fingerprint density at radius 3 is 2.67 bits per heavy atom. The second-order valence-electron chi connectivity index (χ2n) is 6.00. The van der Waals surface area contributed by atoms with Crippen molar-refractivity contribution in [1.29, 1.82) is 0 Å². The Morgan fingerprint density at radius 1 is 1.33 bits per heavy atom. The first-order chi connectivity index (χ1) is 8.56. The first-order valence-electron chi connectivity index (χ1n) is 6.78. The highest BCUT2D eigenvalue weighted by molar-refractivity contribution is 5.26. The Morgan fingerprint density at radius 2 is 2.00 bits per heavy atom. The highest BCUT2D eigenvalue weighted by Gasteiger charge is 2.42. The highest BCUT2D eigenvalue weighted by atomic mass is 19.1. The fraction of sp³-hybridized carbons (Fsp3) is 0.600. The van der Waals surface area contributed by atoms with Gasteiger partial charge in [-0.1, -0.05) is 18.2 Å². The molecule has 0 amide bonds. The quantitative estimate of drug-likeness (QED) is 0.843. The normalized spacial score (nSPS) is 34.8. The topological polar surface area (TPSA) is 32.3 Å². The Hall–Kier alpha value is -0.930. The molecular weight excluding hydrogens is 229 g/mol. The Labute approximate surface area is 107 Å². The molecule has 2 aliphatic rings. The second-order valence-corrected chi connectivity index (χ2v) is 6.00. The fourth-order valence-corrected chi connectivity index (χ4v) is 3.57. The van der Waals surface area contributed by atoms with Crippen LogP contribution in [0.2, 0.25) is 0 Å². The third kappa shape index (κ3) is 2.17. The average Bonchev–Trinajstić information content (AvgIpc) is 2.65. The molecule has 0 aliphatic carbocycles. The summed E-state index contributed by atoms with van der Waals surface area (Å²) in [6, 6.07) is 6.27. The lowest BCUT2D eigenvalue weighted by molar-refractivity contribution is -0.00674. The van der Waals surface area contributed by atoms with Gasteiger partial charge in [-0.25, -0.2) is 4.39 Å². The maximum atomic E-state index is 14.0. The molecule has 0 radical (unpaired) electrons. The summed E-state index contributed by atoms with van der Waals surface area (Å²) in [6.07, 6.45) is 4.22. The summed E-state index contributed by atoms with van der Waals surface area (Å²) < 4.78 is 14.0. The van der Waals surface area contributed by atoms with Crippen molar-refractivity contribution in [2.75, 3.05) is 0 Å². The van der Waals surface area contributed by atoms with Gasteiger partial charge in [0.25, 0.3) is 0 Å². The molecular formula is C15H20FNO. The summed E-state index contributed by atoms with van der Waals surface area (Å²) in [6.45, 7) is 1.77. The summed E-state index contributed by atoms with van der Waals surface area (Å²) in [7, 11) is 0. The smallest absolute Gasteiger partial charge is 0.129 e. The van der Waals surface area contributed by atoms with E-state index in [0.717, 1.165) is 25.7 Å². The van der Waals surface area contributed by atoms with E-state index in [4.69, 9.17) is 0 Å². The second kappa shape index (κ2) is 4.32. The molecule has 2 nitrogen and oxygen atoms in total. The van der Waals surface area contributed by atoms with E-state index in [1.165, 1.54) is 0 Å². The average molecular weight is 249 g/mol. The van der Waals surface area contributed by atoms with Crippen LogP contribution in [0.3, 0.4) is 0 Å². The molecule has 2 fully saturated rings. The molecule has 2 unspecified atom stereocenters. The Balaban J connectivity index is 1.81. The monoisotopic (exact) mass is 249 g/mol. The zero-order chi connectivity index (χ0) is 12.8. The molecule has 3 rings (SSSR count). The van der Waals surface area contributed by atoms with Crippen LogP contribution < -0.4 is 5.32 Å². The van der Waals surface area contributed by atoms with E-state index < -0.39 is 5.60 Å². The molecule has 2 saturated heterocycles. The standard InChI is InChI=1S/C15H20FNO/c1-10-3-2-4-11(14(10)16)7-15(18)8-12-5-6-13(9-15)17-12/h2-4,12-13,17-18H,5-9H2,1H3. The third-order valence-electron chi connectivity index (χ3n) is 4.38. The number of fused-ring (bicyclic) bond motifs is 2. The lowest BCUT2D eigenvalue weighted by Crippen LogP contribution is -2.49. The zero-order valence-electron chi connectivity index (χ0n) is 10.7. The van der Waals surface area contributed by atoms with E-state index in [9.17, 15) is 9.50 Å². The van der Waals surface area contributed by atoms with Gasteiger partial charge < -0.3 is 10.4 Å². The fourth-order valence-electron chi connectivity index (χ4n) is 3.57. The van der Waals surface area contributed by atoms with Crippen molar-refractivity contribution in [3.05, 3.63) is 35.1 Å². The molecule has 1 aromatic carbocycles. The first kappa shape index (κ1) is 12.1. The molecule has 0 spiro atoms. The van der Waals surface area contributed by atoms with Gasteiger partial charge in [-0.15, -0.1) is 0 Å². The van der Waals surface area contributed by atoms with Crippen molar-refractivity contribution in [1.82, 2.24) is 5.32 Å². The van der Waals surface area contributed by atoms with Gasteiger partial charge in [-0.2, -0.15) is 0 Å². The number of benzene rings is 1.